The Labute approximate surface area is 112 Å². The molecular weight excluding hydrogens is 240 g/mol. The van der Waals surface area contributed by atoms with E-state index in [0.29, 0.717) is 6.04 Å². The first-order valence-electron chi connectivity index (χ1n) is 6.83. The Kier molecular flexibility index (Phi) is 3.10. The number of nitrogens with one attached hydrogen (secondary N) is 1. The highest BCUT2D eigenvalue weighted by atomic mass is 15.3. The molecule has 19 heavy (non-hydrogen) atoms. The number of aromatic nitrogens is 4. The van der Waals surface area contributed by atoms with Crippen molar-refractivity contribution >= 4 is 16.9 Å². The number of aryl methyl sites for hydroxylation is 2. The lowest BCUT2D eigenvalue weighted by Crippen LogP contribution is -2.50. The molecule has 0 aromatic carbocycles. The SMILES string of the molecule is CC[C@@H]1CN(c2ncnc3c2c(C)nn3C)CCN1. The summed E-state index contributed by atoms with van der Waals surface area (Å²) in [6.07, 6.45) is 2.78. The normalized spacial score (nSPS) is 20.2. The van der Waals surface area contributed by atoms with E-state index < -0.39 is 0 Å². The Morgan fingerprint density at radius 2 is 2.26 bits per heavy atom. The highest BCUT2D eigenvalue weighted by Crippen LogP contribution is 2.26. The zero-order valence-corrected chi connectivity index (χ0v) is 11.7. The molecule has 102 valence electrons. The summed E-state index contributed by atoms with van der Waals surface area (Å²) in [5.74, 6) is 1.02. The predicted octanol–water partition coefficient (Wildman–Crippen LogP) is 0.860. The van der Waals surface area contributed by atoms with Gasteiger partial charge < -0.3 is 10.2 Å². The quantitative estimate of drug-likeness (QED) is 0.868. The molecule has 1 fully saturated rings. The molecule has 0 bridgehead atoms. The predicted molar refractivity (Wildman–Crippen MR) is 75.3 cm³/mol. The second kappa shape index (κ2) is 4.77. The summed E-state index contributed by atoms with van der Waals surface area (Å²) in [6, 6.07) is 0.538. The number of rotatable bonds is 2. The van der Waals surface area contributed by atoms with Crippen LogP contribution in [0.2, 0.25) is 0 Å². The van der Waals surface area contributed by atoms with Gasteiger partial charge in [0.15, 0.2) is 5.65 Å². The van der Waals surface area contributed by atoms with Crippen molar-refractivity contribution in [3.8, 4) is 0 Å². The molecule has 0 unspecified atom stereocenters. The van der Waals surface area contributed by atoms with E-state index in [9.17, 15) is 0 Å². The van der Waals surface area contributed by atoms with Gasteiger partial charge in [0.2, 0.25) is 0 Å². The Morgan fingerprint density at radius 1 is 1.42 bits per heavy atom. The van der Waals surface area contributed by atoms with Gasteiger partial charge in [-0.25, -0.2) is 9.97 Å². The minimum atomic E-state index is 0.538. The van der Waals surface area contributed by atoms with E-state index in [4.69, 9.17) is 0 Å². The van der Waals surface area contributed by atoms with Gasteiger partial charge in [0.05, 0.1) is 11.1 Å². The first kappa shape index (κ1) is 12.3. The zero-order valence-electron chi connectivity index (χ0n) is 11.7. The maximum atomic E-state index is 4.51. The van der Waals surface area contributed by atoms with Gasteiger partial charge in [-0.3, -0.25) is 4.68 Å². The maximum absolute atomic E-state index is 4.51. The number of nitrogens with zero attached hydrogens (tertiary/aromatic N) is 5. The smallest absolute Gasteiger partial charge is 0.163 e. The highest BCUT2D eigenvalue weighted by Gasteiger charge is 2.22. The van der Waals surface area contributed by atoms with Crippen LogP contribution < -0.4 is 10.2 Å². The van der Waals surface area contributed by atoms with Crippen LogP contribution in [0.4, 0.5) is 5.82 Å². The summed E-state index contributed by atoms with van der Waals surface area (Å²) >= 11 is 0. The Bertz CT molecular complexity index is 590. The molecule has 0 amide bonds. The van der Waals surface area contributed by atoms with Gasteiger partial charge in [0, 0.05) is 32.7 Å². The number of anilines is 1. The van der Waals surface area contributed by atoms with Crippen LogP contribution in [0.25, 0.3) is 11.0 Å². The van der Waals surface area contributed by atoms with Crippen LogP contribution in [0.5, 0.6) is 0 Å². The molecule has 0 spiro atoms. The van der Waals surface area contributed by atoms with Crippen LogP contribution in [0.3, 0.4) is 0 Å². The van der Waals surface area contributed by atoms with Crippen molar-refractivity contribution in [2.24, 2.45) is 7.05 Å². The maximum Gasteiger partial charge on any atom is 0.163 e. The molecule has 0 saturated carbocycles. The van der Waals surface area contributed by atoms with Gasteiger partial charge in [-0.05, 0) is 13.3 Å². The average molecular weight is 260 g/mol. The lowest BCUT2D eigenvalue weighted by atomic mass is 10.1. The molecule has 3 rings (SSSR count). The van der Waals surface area contributed by atoms with Crippen molar-refractivity contribution in [1.29, 1.82) is 0 Å². The fourth-order valence-corrected chi connectivity index (χ4v) is 2.79. The molecule has 1 atom stereocenters. The lowest BCUT2D eigenvalue weighted by molar-refractivity contribution is 0.445. The van der Waals surface area contributed by atoms with Crippen molar-refractivity contribution in [2.45, 2.75) is 26.3 Å². The highest BCUT2D eigenvalue weighted by molar-refractivity contribution is 5.89. The van der Waals surface area contributed by atoms with Gasteiger partial charge in [-0.15, -0.1) is 0 Å². The first-order chi connectivity index (χ1) is 9.20. The topological polar surface area (TPSA) is 58.9 Å². The van der Waals surface area contributed by atoms with Crippen molar-refractivity contribution in [3.63, 3.8) is 0 Å². The third-order valence-electron chi connectivity index (χ3n) is 3.82. The summed E-state index contributed by atoms with van der Waals surface area (Å²) < 4.78 is 1.83. The van der Waals surface area contributed by atoms with Gasteiger partial charge in [0.25, 0.3) is 0 Å². The van der Waals surface area contributed by atoms with E-state index in [0.717, 1.165) is 48.6 Å². The number of hydrogen-bond acceptors (Lipinski definition) is 5. The fraction of sp³-hybridized carbons (Fsp3) is 0.615. The van der Waals surface area contributed by atoms with Crippen LogP contribution in [0, 0.1) is 6.92 Å². The lowest BCUT2D eigenvalue weighted by Gasteiger charge is -2.34. The first-order valence-corrected chi connectivity index (χ1v) is 6.83. The fourth-order valence-electron chi connectivity index (χ4n) is 2.79. The van der Waals surface area contributed by atoms with E-state index in [2.05, 4.69) is 32.2 Å². The Hall–Kier alpha value is -1.69. The van der Waals surface area contributed by atoms with E-state index in [1.54, 1.807) is 6.33 Å². The molecule has 2 aromatic heterocycles. The molecule has 1 N–H and O–H groups in total. The van der Waals surface area contributed by atoms with E-state index in [1.165, 1.54) is 0 Å². The van der Waals surface area contributed by atoms with Gasteiger partial charge >= 0.3 is 0 Å². The third-order valence-corrected chi connectivity index (χ3v) is 3.82. The summed E-state index contributed by atoms with van der Waals surface area (Å²) in [5, 5.41) is 9.07. The zero-order chi connectivity index (χ0) is 13.4. The summed E-state index contributed by atoms with van der Waals surface area (Å²) in [5.41, 5.74) is 1.91. The van der Waals surface area contributed by atoms with Crippen molar-refractivity contribution in [1.82, 2.24) is 25.1 Å². The van der Waals surface area contributed by atoms with E-state index in [1.807, 2.05) is 18.7 Å². The van der Waals surface area contributed by atoms with Crippen molar-refractivity contribution < 1.29 is 0 Å². The van der Waals surface area contributed by atoms with Crippen molar-refractivity contribution in [2.75, 3.05) is 24.5 Å². The molecule has 0 aliphatic carbocycles. The second-order valence-corrected chi connectivity index (χ2v) is 5.11. The largest absolute Gasteiger partial charge is 0.353 e. The standard InChI is InChI=1S/C13H20N6/c1-4-10-7-19(6-5-14-10)13-11-9(2)17-18(3)12(11)15-8-16-13/h8,10,14H,4-7H2,1-3H3/t10-/m1/s1. The van der Waals surface area contributed by atoms with Crippen LogP contribution in [-0.2, 0) is 7.05 Å². The molecule has 1 aliphatic heterocycles. The van der Waals surface area contributed by atoms with E-state index in [-0.39, 0.29) is 0 Å². The minimum Gasteiger partial charge on any atom is -0.353 e. The Morgan fingerprint density at radius 3 is 3.05 bits per heavy atom. The molecule has 6 nitrogen and oxygen atoms in total. The molecular formula is C13H20N6. The molecule has 2 aromatic rings. The second-order valence-electron chi connectivity index (χ2n) is 5.11. The van der Waals surface area contributed by atoms with Crippen LogP contribution in [0.1, 0.15) is 19.0 Å². The average Bonchev–Trinajstić information content (AvgIpc) is 2.74. The van der Waals surface area contributed by atoms with Crippen LogP contribution in [0.15, 0.2) is 6.33 Å². The molecule has 1 aliphatic rings. The molecule has 0 radical (unpaired) electrons. The molecule has 3 heterocycles. The summed E-state index contributed by atoms with van der Waals surface area (Å²) in [4.78, 5) is 11.2. The number of fused-ring (bicyclic) bond motifs is 1. The van der Waals surface area contributed by atoms with Crippen LogP contribution in [-0.4, -0.2) is 45.4 Å². The van der Waals surface area contributed by atoms with Gasteiger partial charge in [-0.1, -0.05) is 6.92 Å². The Balaban J connectivity index is 2.05. The van der Waals surface area contributed by atoms with E-state index >= 15 is 0 Å². The number of piperazine rings is 1. The minimum absolute atomic E-state index is 0.538. The molecule has 6 heteroatoms. The van der Waals surface area contributed by atoms with Crippen LogP contribution >= 0.6 is 0 Å². The van der Waals surface area contributed by atoms with Gasteiger partial charge in [0.1, 0.15) is 12.1 Å². The molecule has 1 saturated heterocycles. The van der Waals surface area contributed by atoms with Gasteiger partial charge in [-0.2, -0.15) is 5.10 Å². The summed E-state index contributed by atoms with van der Waals surface area (Å²) in [6.45, 7) is 7.22. The monoisotopic (exact) mass is 260 g/mol. The summed E-state index contributed by atoms with van der Waals surface area (Å²) in [7, 11) is 1.93. The van der Waals surface area contributed by atoms with Crippen molar-refractivity contribution in [3.05, 3.63) is 12.0 Å². The number of hydrogen-bond donors (Lipinski definition) is 1. The third kappa shape index (κ3) is 2.06.